The molecule has 8 heteroatoms. The van der Waals surface area contributed by atoms with E-state index in [9.17, 15) is 9.90 Å². The Morgan fingerprint density at radius 1 is 1.28 bits per heavy atom. The number of fused-ring (bicyclic) bond motifs is 1. The van der Waals surface area contributed by atoms with E-state index in [1.807, 2.05) is 6.07 Å². The summed E-state index contributed by atoms with van der Waals surface area (Å²) in [4.78, 5) is 20.9. The molecule has 3 aromatic rings. The van der Waals surface area contributed by atoms with Crippen LogP contribution in [0.3, 0.4) is 0 Å². The van der Waals surface area contributed by atoms with Crippen molar-refractivity contribution in [1.82, 2.24) is 4.90 Å². The number of thiophene rings is 1. The van der Waals surface area contributed by atoms with Gasteiger partial charge < -0.3 is 9.84 Å². The van der Waals surface area contributed by atoms with E-state index in [1.165, 1.54) is 16.9 Å². The Balaban J connectivity index is 1.65. The van der Waals surface area contributed by atoms with Crippen molar-refractivity contribution in [3.8, 4) is 5.75 Å². The molecule has 0 saturated heterocycles. The fourth-order valence-corrected chi connectivity index (χ4v) is 6.22. The second-order valence-corrected chi connectivity index (χ2v) is 10.3. The van der Waals surface area contributed by atoms with Crippen LogP contribution in [0.4, 0.5) is 5.00 Å². The first kappa shape index (κ1) is 23.2. The van der Waals surface area contributed by atoms with Crippen LogP contribution in [0, 0.1) is 0 Å². The Morgan fingerprint density at radius 2 is 2.06 bits per heavy atom. The second-order valence-electron chi connectivity index (χ2n) is 7.43. The van der Waals surface area contributed by atoms with Crippen LogP contribution in [-0.2, 0) is 24.2 Å². The van der Waals surface area contributed by atoms with Crippen molar-refractivity contribution in [3.05, 3.63) is 78.5 Å². The number of phenolic OH excluding ortho intramolecular Hbond substituents is 1. The molecule has 0 saturated carbocycles. The monoisotopic (exact) mass is 576 g/mol. The molecule has 0 amide bonds. The Morgan fingerprint density at radius 3 is 2.81 bits per heavy atom. The fraction of sp³-hybridized carbons (Fsp3) is 0.250. The number of hydrogen-bond donors (Lipinski definition) is 1. The van der Waals surface area contributed by atoms with Gasteiger partial charge in [-0.25, -0.2) is 9.79 Å². The third-order valence-corrected chi connectivity index (χ3v) is 7.41. The highest BCUT2D eigenvalue weighted by molar-refractivity contribution is 9.11. The molecule has 2 aromatic carbocycles. The molecule has 0 fully saturated rings. The molecule has 0 radical (unpaired) electrons. The zero-order valence-corrected chi connectivity index (χ0v) is 21.5. The number of hydrogen-bond acceptors (Lipinski definition) is 6. The highest BCUT2D eigenvalue weighted by Crippen LogP contribution is 2.40. The number of esters is 1. The fourth-order valence-electron chi connectivity index (χ4n) is 3.74. The summed E-state index contributed by atoms with van der Waals surface area (Å²) < 4.78 is 6.73. The predicted octanol–water partition coefficient (Wildman–Crippen LogP) is 6.46. The van der Waals surface area contributed by atoms with Gasteiger partial charge in [0.15, 0.2) is 0 Å². The van der Waals surface area contributed by atoms with Crippen LogP contribution in [0.25, 0.3) is 0 Å². The van der Waals surface area contributed by atoms with Crippen molar-refractivity contribution in [1.29, 1.82) is 0 Å². The Hall–Kier alpha value is -2.00. The molecule has 32 heavy (non-hydrogen) atoms. The minimum absolute atomic E-state index is 0.102. The van der Waals surface area contributed by atoms with Crippen molar-refractivity contribution < 1.29 is 14.6 Å². The van der Waals surface area contributed by atoms with Gasteiger partial charge in [0.05, 0.1) is 16.6 Å². The van der Waals surface area contributed by atoms with Crippen molar-refractivity contribution in [3.63, 3.8) is 0 Å². The minimum Gasteiger partial charge on any atom is -0.506 e. The van der Waals surface area contributed by atoms with Crippen molar-refractivity contribution in [2.45, 2.75) is 26.4 Å². The van der Waals surface area contributed by atoms with Gasteiger partial charge in [-0.15, -0.1) is 11.3 Å². The summed E-state index contributed by atoms with van der Waals surface area (Å²) in [5.41, 5.74) is 3.41. The van der Waals surface area contributed by atoms with E-state index in [0.717, 1.165) is 41.0 Å². The molecule has 0 spiro atoms. The molecule has 5 nitrogen and oxygen atoms in total. The van der Waals surface area contributed by atoms with E-state index >= 15 is 0 Å². The molecule has 0 aliphatic carbocycles. The summed E-state index contributed by atoms with van der Waals surface area (Å²) in [6.45, 7) is 4.62. The van der Waals surface area contributed by atoms with Crippen LogP contribution in [0.15, 0.2) is 56.4 Å². The molecule has 1 aliphatic heterocycles. The van der Waals surface area contributed by atoms with Gasteiger partial charge in [0, 0.05) is 40.8 Å². The topological polar surface area (TPSA) is 62.1 Å². The summed E-state index contributed by atoms with van der Waals surface area (Å²) in [5.74, 6) is -0.238. The molecule has 1 N–H and O–H groups in total. The SMILES string of the molecule is CCOC(=O)c1c(/N=C/c2cc(Br)cc(Br)c2O)sc2c1CCN(Cc1ccccc1)C2. The zero-order chi connectivity index (χ0) is 22.7. The van der Waals surface area contributed by atoms with Crippen molar-refractivity contribution in [2.24, 2.45) is 4.99 Å². The van der Waals surface area contributed by atoms with E-state index < -0.39 is 0 Å². The summed E-state index contributed by atoms with van der Waals surface area (Å²) in [5, 5.41) is 11.0. The summed E-state index contributed by atoms with van der Waals surface area (Å²) in [6, 6.07) is 13.9. The molecule has 1 aromatic heterocycles. The van der Waals surface area contributed by atoms with Crippen LogP contribution in [0.1, 0.15) is 38.8 Å². The summed E-state index contributed by atoms with van der Waals surface area (Å²) in [6.07, 6.45) is 2.36. The van der Waals surface area contributed by atoms with Gasteiger partial charge in [0.2, 0.25) is 0 Å². The Labute approximate surface area is 208 Å². The number of aliphatic imine (C=N–C) groups is 1. The number of carbonyl (C=O) groups is 1. The molecule has 2 heterocycles. The van der Waals surface area contributed by atoms with Gasteiger partial charge in [0.25, 0.3) is 0 Å². The van der Waals surface area contributed by atoms with Crippen LogP contribution >= 0.6 is 43.2 Å². The van der Waals surface area contributed by atoms with Gasteiger partial charge in [-0.3, -0.25) is 4.90 Å². The lowest BCUT2D eigenvalue weighted by atomic mass is 10.0. The highest BCUT2D eigenvalue weighted by Gasteiger charge is 2.28. The standard InChI is InChI=1S/C24H22Br2N2O3S/c1-2-31-24(30)21-18-8-9-28(13-15-6-4-3-5-7-15)14-20(18)32-23(21)27-12-16-10-17(25)11-19(26)22(16)29/h3-7,10-12,29H,2,8-9,13-14H2,1H3/b27-12+. The number of halogens is 2. The first-order valence-corrected chi connectivity index (χ1v) is 12.7. The average Bonchev–Trinajstić information content (AvgIpc) is 3.13. The summed E-state index contributed by atoms with van der Waals surface area (Å²) >= 11 is 8.29. The Bertz CT molecular complexity index is 1160. The second kappa shape index (κ2) is 10.3. The van der Waals surface area contributed by atoms with Crippen LogP contribution in [0.5, 0.6) is 5.75 Å². The Kier molecular flexibility index (Phi) is 7.45. The van der Waals surface area contributed by atoms with Crippen molar-refractivity contribution in [2.75, 3.05) is 13.2 Å². The minimum atomic E-state index is -0.340. The molecule has 0 unspecified atom stereocenters. The third kappa shape index (κ3) is 5.14. The number of benzene rings is 2. The zero-order valence-electron chi connectivity index (χ0n) is 17.5. The number of ether oxygens (including phenoxy) is 1. The molecule has 0 bridgehead atoms. The van der Waals surface area contributed by atoms with Crippen LogP contribution in [-0.4, -0.2) is 35.3 Å². The number of nitrogens with zero attached hydrogens (tertiary/aromatic N) is 2. The van der Waals surface area contributed by atoms with E-state index in [1.54, 1.807) is 25.3 Å². The first-order valence-electron chi connectivity index (χ1n) is 10.3. The smallest absolute Gasteiger partial charge is 0.341 e. The van der Waals surface area contributed by atoms with Gasteiger partial charge in [-0.2, -0.15) is 0 Å². The molecule has 166 valence electrons. The number of phenols is 1. The average molecular weight is 578 g/mol. The van der Waals surface area contributed by atoms with E-state index in [0.29, 0.717) is 27.2 Å². The van der Waals surface area contributed by atoms with Gasteiger partial charge in [0.1, 0.15) is 10.8 Å². The van der Waals surface area contributed by atoms with E-state index in [-0.39, 0.29) is 11.7 Å². The van der Waals surface area contributed by atoms with Gasteiger partial charge in [-0.05, 0) is 52.5 Å². The van der Waals surface area contributed by atoms with Crippen molar-refractivity contribution >= 4 is 60.4 Å². The maximum Gasteiger partial charge on any atom is 0.341 e. The predicted molar refractivity (Wildman–Crippen MR) is 135 cm³/mol. The number of carbonyl (C=O) groups excluding carboxylic acids is 1. The summed E-state index contributed by atoms with van der Waals surface area (Å²) in [7, 11) is 0. The highest BCUT2D eigenvalue weighted by atomic mass is 79.9. The molecule has 1 aliphatic rings. The third-order valence-electron chi connectivity index (χ3n) is 5.22. The molecular formula is C24H22Br2N2O3S. The lowest BCUT2D eigenvalue weighted by Gasteiger charge is -2.27. The van der Waals surface area contributed by atoms with Gasteiger partial charge in [-0.1, -0.05) is 46.3 Å². The van der Waals surface area contributed by atoms with Crippen LogP contribution in [0.2, 0.25) is 0 Å². The normalized spacial score (nSPS) is 14.0. The van der Waals surface area contributed by atoms with Gasteiger partial charge >= 0.3 is 5.97 Å². The lowest BCUT2D eigenvalue weighted by Crippen LogP contribution is -2.29. The first-order chi connectivity index (χ1) is 15.5. The largest absolute Gasteiger partial charge is 0.506 e. The maximum absolute atomic E-state index is 12.8. The molecule has 4 rings (SSSR count). The van der Waals surface area contributed by atoms with Crippen LogP contribution < -0.4 is 0 Å². The van der Waals surface area contributed by atoms with E-state index in [2.05, 4.69) is 66.0 Å². The number of rotatable bonds is 6. The van der Waals surface area contributed by atoms with E-state index in [4.69, 9.17) is 4.74 Å². The number of aromatic hydroxyl groups is 1. The quantitative estimate of drug-likeness (QED) is 0.269. The maximum atomic E-state index is 12.8. The molecule has 0 atom stereocenters. The molecular weight excluding hydrogens is 556 g/mol. The lowest BCUT2D eigenvalue weighted by molar-refractivity contribution is 0.0526.